The second-order valence-electron chi connectivity index (χ2n) is 4.43. The Balaban J connectivity index is 2.60. The maximum atomic E-state index is 11.4. The van der Waals surface area contributed by atoms with Gasteiger partial charge in [0.2, 0.25) is 10.0 Å². The van der Waals surface area contributed by atoms with Gasteiger partial charge in [0.05, 0.1) is 18.0 Å². The van der Waals surface area contributed by atoms with Crippen LogP contribution in [0.3, 0.4) is 0 Å². The van der Waals surface area contributed by atoms with Crippen LogP contribution in [0.5, 0.6) is 0 Å². The van der Waals surface area contributed by atoms with Gasteiger partial charge >= 0.3 is 6.03 Å². The summed E-state index contributed by atoms with van der Waals surface area (Å²) < 4.78 is 29.5. The fourth-order valence-corrected chi connectivity index (χ4v) is 2.80. The van der Waals surface area contributed by atoms with E-state index in [2.05, 4.69) is 0 Å². The van der Waals surface area contributed by atoms with Crippen LogP contribution in [0.4, 0.5) is 4.79 Å². The quantitative estimate of drug-likeness (QED) is 0.376. The Labute approximate surface area is 110 Å². The van der Waals surface area contributed by atoms with Crippen LogP contribution in [0.2, 0.25) is 0 Å². The van der Waals surface area contributed by atoms with E-state index in [0.29, 0.717) is 0 Å². The molecule has 1 saturated heterocycles. The van der Waals surface area contributed by atoms with E-state index in [1.165, 1.54) is 6.92 Å². The topological polar surface area (TPSA) is 159 Å². The van der Waals surface area contributed by atoms with E-state index in [9.17, 15) is 28.5 Å². The van der Waals surface area contributed by atoms with Crippen molar-refractivity contribution in [2.45, 2.75) is 43.9 Å². The van der Waals surface area contributed by atoms with Crippen LogP contribution in [-0.4, -0.2) is 66.0 Å². The van der Waals surface area contributed by atoms with Gasteiger partial charge < -0.3 is 25.8 Å². The lowest BCUT2D eigenvalue weighted by atomic mass is 9.94. The summed E-state index contributed by atoms with van der Waals surface area (Å²) >= 11 is 0. The summed E-state index contributed by atoms with van der Waals surface area (Å²) in [5.74, 6) is -0.507. The highest BCUT2D eigenvalue weighted by Crippen LogP contribution is 2.23. The van der Waals surface area contributed by atoms with E-state index >= 15 is 0 Å². The summed E-state index contributed by atoms with van der Waals surface area (Å²) in [6, 6.07) is -1.20. The molecule has 2 amide bonds. The normalized spacial score (nSPS) is 35.9. The fraction of sp³-hybridized carbons (Fsp3) is 0.889. The maximum Gasteiger partial charge on any atom is 0.325 e. The molecule has 1 fully saturated rings. The number of aliphatic hydroxyl groups excluding tert-OH is 3. The molecule has 0 aromatic rings. The zero-order valence-electron chi connectivity index (χ0n) is 10.3. The minimum absolute atomic E-state index is 0.155. The molecule has 1 heterocycles. The molecular weight excluding hydrogens is 280 g/mol. The Kier molecular flexibility index (Phi) is 5.10. The molecule has 19 heavy (non-hydrogen) atoms. The fourth-order valence-electron chi connectivity index (χ4n) is 1.85. The van der Waals surface area contributed by atoms with Gasteiger partial charge in [0.25, 0.3) is 0 Å². The van der Waals surface area contributed by atoms with Crippen molar-refractivity contribution in [2.75, 3.05) is 5.75 Å². The van der Waals surface area contributed by atoms with Gasteiger partial charge in [-0.25, -0.2) is 17.9 Å². The van der Waals surface area contributed by atoms with E-state index in [-0.39, 0.29) is 6.42 Å². The number of carbonyl (C=O) groups is 1. The van der Waals surface area contributed by atoms with E-state index in [1.54, 1.807) is 4.72 Å². The molecule has 5 atom stereocenters. The van der Waals surface area contributed by atoms with Gasteiger partial charge in [-0.3, -0.25) is 0 Å². The van der Waals surface area contributed by atoms with Gasteiger partial charge in [-0.15, -0.1) is 0 Å². The molecule has 1 aliphatic rings. The Bertz CT molecular complexity index is 426. The molecule has 6 N–H and O–H groups in total. The van der Waals surface area contributed by atoms with Crippen LogP contribution in [0.1, 0.15) is 13.3 Å². The SMILES string of the molecule is CC1O[C@H](CCS(=O)(=O)NC(N)=O)[C@@H](O)[C@H](O)[C@@H]1O. The summed E-state index contributed by atoms with van der Waals surface area (Å²) in [6.45, 7) is 1.49. The van der Waals surface area contributed by atoms with Gasteiger partial charge in [0.1, 0.15) is 18.3 Å². The van der Waals surface area contributed by atoms with Crippen molar-refractivity contribution in [1.29, 1.82) is 0 Å². The number of hydrogen-bond donors (Lipinski definition) is 5. The maximum absolute atomic E-state index is 11.4. The van der Waals surface area contributed by atoms with Crippen LogP contribution in [0, 0.1) is 0 Å². The number of carbonyl (C=O) groups excluding carboxylic acids is 1. The standard InChI is InChI=1S/C9H18N2O7S/c1-4-6(12)8(14)7(13)5(18-4)2-3-19(16,17)11-9(10)15/h4-8,12-14H,2-3H2,1H3,(H3,10,11,15)/t4?,5-,6-,7-,8-/m1/s1. The molecule has 1 aliphatic heterocycles. The minimum Gasteiger partial charge on any atom is -0.388 e. The van der Waals surface area contributed by atoms with Crippen LogP contribution in [-0.2, 0) is 14.8 Å². The molecule has 1 rings (SSSR count). The smallest absolute Gasteiger partial charge is 0.325 e. The molecule has 0 saturated carbocycles. The Morgan fingerprint density at radius 1 is 1.26 bits per heavy atom. The molecule has 0 spiro atoms. The van der Waals surface area contributed by atoms with E-state index < -0.39 is 52.3 Å². The highest BCUT2D eigenvalue weighted by Gasteiger charge is 2.41. The highest BCUT2D eigenvalue weighted by atomic mass is 32.2. The minimum atomic E-state index is -3.91. The summed E-state index contributed by atoms with van der Waals surface area (Å²) in [6.07, 6.45) is -5.92. The van der Waals surface area contributed by atoms with Crippen molar-refractivity contribution >= 4 is 16.1 Å². The number of amides is 2. The van der Waals surface area contributed by atoms with Crippen LogP contribution < -0.4 is 10.5 Å². The lowest BCUT2D eigenvalue weighted by Gasteiger charge is -2.39. The summed E-state index contributed by atoms with van der Waals surface area (Å²) in [5.41, 5.74) is 4.69. The van der Waals surface area contributed by atoms with Gasteiger partial charge in [0, 0.05) is 0 Å². The van der Waals surface area contributed by atoms with Gasteiger partial charge in [-0.05, 0) is 13.3 Å². The predicted octanol–water partition coefficient (Wildman–Crippen LogP) is -2.76. The number of aliphatic hydroxyl groups is 3. The average molecular weight is 298 g/mol. The number of ether oxygens (including phenoxy) is 1. The number of nitrogens with two attached hydrogens (primary N) is 1. The largest absolute Gasteiger partial charge is 0.388 e. The molecule has 9 nitrogen and oxygen atoms in total. The van der Waals surface area contributed by atoms with Crippen molar-refractivity contribution in [2.24, 2.45) is 5.73 Å². The van der Waals surface area contributed by atoms with Crippen molar-refractivity contribution in [1.82, 2.24) is 4.72 Å². The van der Waals surface area contributed by atoms with Crippen molar-refractivity contribution in [3.8, 4) is 0 Å². The van der Waals surface area contributed by atoms with Gasteiger partial charge in [-0.2, -0.15) is 0 Å². The lowest BCUT2D eigenvalue weighted by Crippen LogP contribution is -2.57. The monoisotopic (exact) mass is 298 g/mol. The molecule has 112 valence electrons. The van der Waals surface area contributed by atoms with Crippen LogP contribution in [0.25, 0.3) is 0 Å². The first-order valence-electron chi connectivity index (χ1n) is 5.63. The number of primary amides is 1. The molecule has 0 aromatic carbocycles. The third-order valence-electron chi connectivity index (χ3n) is 2.88. The van der Waals surface area contributed by atoms with Crippen LogP contribution in [0.15, 0.2) is 0 Å². The third-order valence-corrected chi connectivity index (χ3v) is 4.16. The number of nitrogens with one attached hydrogen (secondary N) is 1. The Morgan fingerprint density at radius 3 is 2.37 bits per heavy atom. The number of rotatable bonds is 4. The van der Waals surface area contributed by atoms with Crippen LogP contribution >= 0.6 is 0 Å². The first-order chi connectivity index (χ1) is 8.64. The zero-order chi connectivity index (χ0) is 14.8. The number of sulfonamides is 1. The molecule has 10 heteroatoms. The lowest BCUT2D eigenvalue weighted by molar-refractivity contribution is -0.217. The highest BCUT2D eigenvalue weighted by molar-refractivity contribution is 7.90. The number of urea groups is 1. The second-order valence-corrected chi connectivity index (χ2v) is 6.27. The first-order valence-corrected chi connectivity index (χ1v) is 7.29. The van der Waals surface area contributed by atoms with Crippen molar-refractivity contribution in [3.05, 3.63) is 0 Å². The molecule has 0 radical (unpaired) electrons. The first kappa shape index (κ1) is 16.1. The van der Waals surface area contributed by atoms with Crippen molar-refractivity contribution in [3.63, 3.8) is 0 Å². The summed E-state index contributed by atoms with van der Waals surface area (Å²) in [5, 5.41) is 28.7. The Morgan fingerprint density at radius 2 is 1.84 bits per heavy atom. The molecule has 0 aliphatic carbocycles. The number of hydrogen-bond acceptors (Lipinski definition) is 7. The average Bonchev–Trinajstić information content (AvgIpc) is 2.28. The Hall–Kier alpha value is -0.940. The summed E-state index contributed by atoms with van der Waals surface area (Å²) in [4.78, 5) is 10.5. The van der Waals surface area contributed by atoms with Crippen molar-refractivity contribution < 1.29 is 33.3 Å². The van der Waals surface area contributed by atoms with E-state index in [4.69, 9.17) is 10.5 Å². The van der Waals surface area contributed by atoms with Gasteiger partial charge in [0.15, 0.2) is 0 Å². The van der Waals surface area contributed by atoms with E-state index in [1.807, 2.05) is 0 Å². The summed E-state index contributed by atoms with van der Waals surface area (Å²) in [7, 11) is -3.91. The third kappa shape index (κ3) is 4.28. The molecule has 1 unspecified atom stereocenters. The zero-order valence-corrected chi connectivity index (χ0v) is 11.1. The predicted molar refractivity (Wildman–Crippen MR) is 63.5 cm³/mol. The molecule has 0 aromatic heterocycles. The van der Waals surface area contributed by atoms with E-state index in [0.717, 1.165) is 0 Å². The van der Waals surface area contributed by atoms with Gasteiger partial charge in [-0.1, -0.05) is 0 Å². The molecule has 0 bridgehead atoms. The molecular formula is C9H18N2O7S. The second kappa shape index (κ2) is 6.01.